The second-order valence-electron chi connectivity index (χ2n) is 4.46. The number of carbonyl (C=O) groups excluding carboxylic acids is 2. The number of nitrogens with one attached hydrogen (secondary N) is 1. The number of Topliss-reactive ketones (excluding diaryl/α,β-unsaturated/α-hetero) is 2. The van der Waals surface area contributed by atoms with Gasteiger partial charge in [-0.25, -0.2) is 13.4 Å². The van der Waals surface area contributed by atoms with Gasteiger partial charge in [-0.1, -0.05) is 0 Å². The lowest BCUT2D eigenvalue weighted by Gasteiger charge is -2.24. The highest BCUT2D eigenvalue weighted by molar-refractivity contribution is 7.96. The number of carbonyl (C=O) groups is 2. The highest BCUT2D eigenvalue weighted by Crippen LogP contribution is 2.29. The van der Waals surface area contributed by atoms with E-state index in [0.29, 0.717) is 5.69 Å². The van der Waals surface area contributed by atoms with Gasteiger partial charge in [-0.05, 0) is 19.1 Å². The van der Waals surface area contributed by atoms with Crippen molar-refractivity contribution in [2.75, 3.05) is 12.3 Å². The SMILES string of the molecule is Cc1ccc2c(n1)C(=O)C1=C(C2=O)S(=O)(=O)CCN1. The molecule has 1 aliphatic carbocycles. The van der Waals surface area contributed by atoms with Gasteiger partial charge in [0.1, 0.15) is 16.3 Å². The van der Waals surface area contributed by atoms with Crippen molar-refractivity contribution in [1.82, 2.24) is 10.3 Å². The molecule has 3 rings (SSSR count). The zero-order valence-electron chi connectivity index (χ0n) is 10.1. The van der Waals surface area contributed by atoms with Crippen molar-refractivity contribution in [3.05, 3.63) is 39.7 Å². The van der Waals surface area contributed by atoms with Crippen LogP contribution in [0.5, 0.6) is 0 Å². The standard InChI is InChI=1S/C12H10N2O4S/c1-6-2-3-7-8(14-6)11(16)9-12(10(7)15)19(17,18)5-4-13-9/h2-3,13H,4-5H2,1H3. The molecule has 98 valence electrons. The maximum atomic E-state index is 12.3. The van der Waals surface area contributed by atoms with Crippen LogP contribution in [0.1, 0.15) is 26.5 Å². The summed E-state index contributed by atoms with van der Waals surface area (Å²) in [6.07, 6.45) is 0. The molecule has 0 fully saturated rings. The number of hydrogen-bond acceptors (Lipinski definition) is 6. The predicted octanol–water partition coefficient (Wildman–Crippen LogP) is -0.00138. The molecule has 19 heavy (non-hydrogen) atoms. The van der Waals surface area contributed by atoms with Crippen LogP contribution in [-0.2, 0) is 9.84 Å². The van der Waals surface area contributed by atoms with Crippen LogP contribution in [0.4, 0.5) is 0 Å². The Bertz CT molecular complexity index is 762. The lowest BCUT2D eigenvalue weighted by molar-refractivity contribution is 0.0969. The Morgan fingerprint density at radius 2 is 1.95 bits per heavy atom. The average molecular weight is 278 g/mol. The van der Waals surface area contributed by atoms with Crippen LogP contribution in [-0.4, -0.2) is 37.3 Å². The summed E-state index contributed by atoms with van der Waals surface area (Å²) in [7, 11) is -3.70. The number of ketones is 2. The first-order valence-electron chi connectivity index (χ1n) is 5.70. The molecule has 0 atom stereocenters. The van der Waals surface area contributed by atoms with Gasteiger partial charge >= 0.3 is 0 Å². The van der Waals surface area contributed by atoms with Crippen molar-refractivity contribution in [2.24, 2.45) is 0 Å². The van der Waals surface area contributed by atoms with Crippen molar-refractivity contribution in [1.29, 1.82) is 0 Å². The summed E-state index contributed by atoms with van der Waals surface area (Å²) >= 11 is 0. The van der Waals surface area contributed by atoms with E-state index in [1.54, 1.807) is 13.0 Å². The largest absolute Gasteiger partial charge is 0.380 e. The van der Waals surface area contributed by atoms with Crippen LogP contribution in [0.2, 0.25) is 0 Å². The van der Waals surface area contributed by atoms with E-state index in [0.717, 1.165) is 0 Å². The topological polar surface area (TPSA) is 93.2 Å². The van der Waals surface area contributed by atoms with Gasteiger partial charge in [0, 0.05) is 12.2 Å². The van der Waals surface area contributed by atoms with Gasteiger partial charge in [-0.2, -0.15) is 0 Å². The number of nitrogens with zero attached hydrogens (tertiary/aromatic N) is 1. The fourth-order valence-corrected chi connectivity index (χ4v) is 3.68. The summed E-state index contributed by atoms with van der Waals surface area (Å²) in [5.74, 6) is -1.36. The molecule has 0 unspecified atom stereocenters. The second kappa shape index (κ2) is 3.74. The Hall–Kier alpha value is -2.02. The van der Waals surface area contributed by atoms with E-state index in [1.807, 2.05) is 0 Å². The molecular formula is C12H10N2O4S. The summed E-state index contributed by atoms with van der Waals surface area (Å²) in [6, 6.07) is 3.03. The molecule has 0 bridgehead atoms. The maximum Gasteiger partial charge on any atom is 0.229 e. The summed E-state index contributed by atoms with van der Waals surface area (Å²) in [6.45, 7) is 1.83. The molecular weight excluding hydrogens is 268 g/mol. The molecule has 1 aromatic rings. The normalized spacial score (nSPS) is 20.7. The highest BCUT2D eigenvalue weighted by Gasteiger charge is 2.41. The third-order valence-electron chi connectivity index (χ3n) is 3.14. The number of fused-ring (bicyclic) bond motifs is 1. The maximum absolute atomic E-state index is 12.3. The smallest absolute Gasteiger partial charge is 0.229 e. The van der Waals surface area contributed by atoms with Crippen LogP contribution < -0.4 is 5.32 Å². The minimum absolute atomic E-state index is 0.0216. The first-order chi connectivity index (χ1) is 8.92. The number of rotatable bonds is 0. The van der Waals surface area contributed by atoms with Crippen LogP contribution >= 0.6 is 0 Å². The fraction of sp³-hybridized carbons (Fsp3) is 0.250. The molecule has 2 aliphatic rings. The number of pyridine rings is 1. The van der Waals surface area contributed by atoms with E-state index in [-0.39, 0.29) is 29.3 Å². The first kappa shape index (κ1) is 12.0. The average Bonchev–Trinajstić information content (AvgIpc) is 2.34. The Morgan fingerprint density at radius 1 is 1.21 bits per heavy atom. The van der Waals surface area contributed by atoms with Crippen LogP contribution in [0.25, 0.3) is 0 Å². The molecule has 1 aromatic heterocycles. The van der Waals surface area contributed by atoms with Gasteiger partial charge in [0.05, 0.1) is 11.3 Å². The molecule has 1 N–H and O–H groups in total. The zero-order valence-corrected chi connectivity index (χ0v) is 10.9. The third-order valence-corrected chi connectivity index (χ3v) is 4.89. The van der Waals surface area contributed by atoms with Crippen LogP contribution in [0.3, 0.4) is 0 Å². The molecule has 0 amide bonds. The number of hydrogen-bond donors (Lipinski definition) is 1. The Balaban J connectivity index is 2.32. The van der Waals surface area contributed by atoms with E-state index in [4.69, 9.17) is 0 Å². The molecule has 0 saturated carbocycles. The number of sulfone groups is 1. The van der Waals surface area contributed by atoms with Gasteiger partial charge < -0.3 is 5.32 Å². The van der Waals surface area contributed by atoms with Gasteiger partial charge in [0.15, 0.2) is 9.84 Å². The van der Waals surface area contributed by atoms with E-state index in [2.05, 4.69) is 10.3 Å². The van der Waals surface area contributed by atoms with Gasteiger partial charge in [0.25, 0.3) is 0 Å². The minimum atomic E-state index is -3.70. The molecule has 0 saturated heterocycles. The zero-order chi connectivity index (χ0) is 13.8. The predicted molar refractivity (Wildman–Crippen MR) is 66.5 cm³/mol. The van der Waals surface area contributed by atoms with Crippen LogP contribution in [0.15, 0.2) is 22.7 Å². The molecule has 6 nitrogen and oxygen atoms in total. The molecule has 2 heterocycles. The van der Waals surface area contributed by atoms with E-state index >= 15 is 0 Å². The Morgan fingerprint density at radius 3 is 2.68 bits per heavy atom. The van der Waals surface area contributed by atoms with E-state index in [9.17, 15) is 18.0 Å². The summed E-state index contributed by atoms with van der Waals surface area (Å²) in [5, 5.41) is 2.71. The Labute approximate surface area is 109 Å². The van der Waals surface area contributed by atoms with Crippen molar-refractivity contribution in [2.45, 2.75) is 6.92 Å². The molecule has 0 aromatic carbocycles. The lowest BCUT2D eigenvalue weighted by Crippen LogP contribution is -2.41. The van der Waals surface area contributed by atoms with Crippen molar-refractivity contribution < 1.29 is 18.0 Å². The van der Waals surface area contributed by atoms with E-state index < -0.39 is 26.3 Å². The molecule has 7 heteroatoms. The molecule has 0 spiro atoms. The van der Waals surface area contributed by atoms with Crippen molar-refractivity contribution in [3.63, 3.8) is 0 Å². The van der Waals surface area contributed by atoms with Crippen molar-refractivity contribution >= 4 is 21.4 Å². The summed E-state index contributed by atoms with van der Waals surface area (Å²) in [5.41, 5.74) is 0.541. The van der Waals surface area contributed by atoms with Gasteiger partial charge in [-0.15, -0.1) is 0 Å². The van der Waals surface area contributed by atoms with Crippen molar-refractivity contribution in [3.8, 4) is 0 Å². The number of aromatic nitrogens is 1. The van der Waals surface area contributed by atoms with Gasteiger partial charge in [0.2, 0.25) is 11.6 Å². The van der Waals surface area contributed by atoms with Crippen LogP contribution in [0, 0.1) is 6.92 Å². The quantitative estimate of drug-likeness (QED) is 0.718. The summed E-state index contributed by atoms with van der Waals surface area (Å²) < 4.78 is 23.9. The number of allylic oxidation sites excluding steroid dienone is 2. The number of aryl methyl sites for hydroxylation is 1. The highest BCUT2D eigenvalue weighted by atomic mass is 32.2. The summed E-state index contributed by atoms with van der Waals surface area (Å²) in [4.78, 5) is 28.1. The molecule has 0 radical (unpaired) electrons. The lowest BCUT2D eigenvalue weighted by atomic mass is 9.96. The second-order valence-corrected chi connectivity index (χ2v) is 6.50. The third kappa shape index (κ3) is 1.61. The Kier molecular flexibility index (Phi) is 2.37. The minimum Gasteiger partial charge on any atom is -0.380 e. The van der Waals surface area contributed by atoms with E-state index in [1.165, 1.54) is 6.07 Å². The first-order valence-corrected chi connectivity index (χ1v) is 7.35. The van der Waals surface area contributed by atoms with Gasteiger partial charge in [-0.3, -0.25) is 9.59 Å². The fourth-order valence-electron chi connectivity index (χ4n) is 2.24. The molecule has 1 aliphatic heterocycles. The monoisotopic (exact) mass is 278 g/mol.